The predicted octanol–water partition coefficient (Wildman–Crippen LogP) is 4.33. The highest BCUT2D eigenvalue weighted by atomic mass is 35.5. The molecule has 0 bridgehead atoms. The molecule has 2 N–H and O–H groups in total. The lowest BCUT2D eigenvalue weighted by molar-refractivity contribution is 0.0940. The van der Waals surface area contributed by atoms with E-state index in [2.05, 4.69) is 10.6 Å². The average Bonchev–Trinajstić information content (AvgIpc) is 2.79. The molecule has 0 aliphatic carbocycles. The highest BCUT2D eigenvalue weighted by Crippen LogP contribution is 2.26. The Morgan fingerprint density at radius 2 is 1.55 bits per heavy atom. The van der Waals surface area contributed by atoms with Crippen LogP contribution >= 0.6 is 11.6 Å². The fourth-order valence-corrected chi connectivity index (χ4v) is 4.52. The first-order valence-electron chi connectivity index (χ1n) is 10.1. The van der Waals surface area contributed by atoms with Crippen LogP contribution in [0, 0.1) is 0 Å². The summed E-state index contributed by atoms with van der Waals surface area (Å²) in [7, 11) is -1.08. The van der Waals surface area contributed by atoms with E-state index in [-0.39, 0.29) is 33.0 Å². The molecule has 3 aromatic rings. The Bertz CT molecular complexity index is 1280. The van der Waals surface area contributed by atoms with Gasteiger partial charge in [0, 0.05) is 19.7 Å². The van der Waals surface area contributed by atoms with Crippen molar-refractivity contribution in [1.29, 1.82) is 0 Å². The second kappa shape index (κ2) is 10.2. The Morgan fingerprint density at radius 3 is 2.21 bits per heavy atom. The Hall–Kier alpha value is -3.20. The van der Waals surface area contributed by atoms with Gasteiger partial charge in [0.05, 0.1) is 22.3 Å². The molecule has 7 nitrogen and oxygen atoms in total. The number of hydrogen-bond acceptors (Lipinski definition) is 4. The summed E-state index contributed by atoms with van der Waals surface area (Å²) in [6.07, 6.45) is 0. The summed E-state index contributed by atoms with van der Waals surface area (Å²) in [5.74, 6) is -0.924. The second-order valence-corrected chi connectivity index (χ2v) is 10.1. The number of amides is 2. The van der Waals surface area contributed by atoms with E-state index in [0.717, 1.165) is 9.87 Å². The van der Waals surface area contributed by atoms with Gasteiger partial charge in [-0.2, -0.15) is 0 Å². The minimum atomic E-state index is -3.84. The second-order valence-electron chi connectivity index (χ2n) is 7.54. The lowest BCUT2D eigenvalue weighted by Crippen LogP contribution is -2.28. The third-order valence-electron chi connectivity index (χ3n) is 5.02. The number of para-hydroxylation sites is 1. The van der Waals surface area contributed by atoms with Crippen LogP contribution in [0.3, 0.4) is 0 Å². The van der Waals surface area contributed by atoms with Crippen molar-refractivity contribution in [2.24, 2.45) is 0 Å². The normalized spacial score (nSPS) is 12.3. The molecule has 2 amide bonds. The Morgan fingerprint density at radius 1 is 0.909 bits per heavy atom. The van der Waals surface area contributed by atoms with Crippen molar-refractivity contribution < 1.29 is 18.0 Å². The molecule has 0 spiro atoms. The van der Waals surface area contributed by atoms with E-state index >= 15 is 0 Å². The van der Waals surface area contributed by atoms with Gasteiger partial charge >= 0.3 is 0 Å². The van der Waals surface area contributed by atoms with Crippen LogP contribution in [0.5, 0.6) is 0 Å². The first kappa shape index (κ1) is 24.4. The number of anilines is 1. The van der Waals surface area contributed by atoms with Crippen LogP contribution in [-0.4, -0.2) is 38.6 Å². The minimum absolute atomic E-state index is 0.00919. The zero-order chi connectivity index (χ0) is 24.2. The summed E-state index contributed by atoms with van der Waals surface area (Å²) >= 11 is 6.06. The van der Waals surface area contributed by atoms with Gasteiger partial charge in [-0.15, -0.1) is 0 Å². The van der Waals surface area contributed by atoms with Crippen LogP contribution in [0.25, 0.3) is 0 Å². The van der Waals surface area contributed by atoms with Gasteiger partial charge in [0.1, 0.15) is 4.90 Å². The molecule has 0 aliphatic rings. The topological polar surface area (TPSA) is 95.6 Å². The summed E-state index contributed by atoms with van der Waals surface area (Å²) in [6, 6.07) is 19.9. The van der Waals surface area contributed by atoms with Crippen molar-refractivity contribution in [3.63, 3.8) is 0 Å². The molecule has 33 heavy (non-hydrogen) atoms. The number of carbonyl (C=O) groups is 2. The summed E-state index contributed by atoms with van der Waals surface area (Å²) in [4.78, 5) is 25.6. The van der Waals surface area contributed by atoms with Gasteiger partial charge < -0.3 is 10.6 Å². The zero-order valence-electron chi connectivity index (χ0n) is 18.4. The zero-order valence-corrected chi connectivity index (χ0v) is 19.9. The number of sulfonamides is 1. The summed E-state index contributed by atoms with van der Waals surface area (Å²) in [6.45, 7) is 1.87. The smallest absolute Gasteiger partial charge is 0.255 e. The molecule has 0 fully saturated rings. The van der Waals surface area contributed by atoms with Gasteiger partial charge in [-0.05, 0) is 42.8 Å². The summed E-state index contributed by atoms with van der Waals surface area (Å²) in [5, 5.41) is 5.63. The fraction of sp³-hybridized carbons (Fsp3) is 0.167. The standard InChI is InChI=1S/C24H24ClN3O4S/c1-16(17-9-5-4-6-10-17)26-24(30)19-11-7-8-12-21(19)27-23(29)18-13-14-20(25)22(15-18)33(31,32)28(2)3/h4-16H,1-3H3,(H,26,30)(H,27,29). The van der Waals surface area contributed by atoms with E-state index in [1.807, 2.05) is 37.3 Å². The first-order chi connectivity index (χ1) is 15.6. The number of nitrogens with zero attached hydrogens (tertiary/aromatic N) is 1. The first-order valence-corrected chi connectivity index (χ1v) is 11.9. The largest absolute Gasteiger partial charge is 0.345 e. The molecule has 0 saturated heterocycles. The monoisotopic (exact) mass is 485 g/mol. The molecule has 1 atom stereocenters. The quantitative estimate of drug-likeness (QED) is 0.520. The third-order valence-corrected chi connectivity index (χ3v) is 7.32. The lowest BCUT2D eigenvalue weighted by atomic mass is 10.1. The predicted molar refractivity (Wildman–Crippen MR) is 129 cm³/mol. The van der Waals surface area contributed by atoms with Crippen LogP contribution < -0.4 is 10.6 Å². The van der Waals surface area contributed by atoms with E-state index in [9.17, 15) is 18.0 Å². The third kappa shape index (κ3) is 5.60. The molecule has 0 aliphatic heterocycles. The fourth-order valence-electron chi connectivity index (χ4n) is 3.12. The molecular formula is C24H24ClN3O4S. The Labute approximate surface area is 198 Å². The molecule has 9 heteroatoms. The average molecular weight is 486 g/mol. The van der Waals surface area contributed by atoms with E-state index in [0.29, 0.717) is 5.69 Å². The van der Waals surface area contributed by atoms with E-state index in [4.69, 9.17) is 11.6 Å². The molecule has 172 valence electrons. The SMILES string of the molecule is CC(NC(=O)c1ccccc1NC(=O)c1ccc(Cl)c(S(=O)(=O)N(C)C)c1)c1ccccc1. The summed E-state index contributed by atoms with van der Waals surface area (Å²) < 4.78 is 26.0. The van der Waals surface area contributed by atoms with Crippen molar-refractivity contribution in [3.8, 4) is 0 Å². The number of hydrogen-bond donors (Lipinski definition) is 2. The number of nitrogens with one attached hydrogen (secondary N) is 2. The molecule has 0 radical (unpaired) electrons. The maximum absolute atomic E-state index is 12.9. The van der Waals surface area contributed by atoms with Crippen molar-refractivity contribution in [3.05, 3.63) is 94.5 Å². The van der Waals surface area contributed by atoms with Gasteiger partial charge in [0.2, 0.25) is 10.0 Å². The molecule has 0 saturated carbocycles. The van der Waals surface area contributed by atoms with Gasteiger partial charge in [-0.25, -0.2) is 12.7 Å². The Balaban J connectivity index is 1.84. The van der Waals surface area contributed by atoms with Crippen LogP contribution in [-0.2, 0) is 10.0 Å². The number of carbonyl (C=O) groups excluding carboxylic acids is 2. The number of halogens is 1. The molecule has 0 aromatic heterocycles. The maximum Gasteiger partial charge on any atom is 0.255 e. The van der Waals surface area contributed by atoms with E-state index in [1.165, 1.54) is 32.3 Å². The highest BCUT2D eigenvalue weighted by molar-refractivity contribution is 7.89. The molecule has 1 unspecified atom stereocenters. The van der Waals surface area contributed by atoms with Crippen molar-refractivity contribution in [2.45, 2.75) is 17.9 Å². The van der Waals surface area contributed by atoms with Gasteiger partial charge in [0.15, 0.2) is 0 Å². The van der Waals surface area contributed by atoms with Crippen LogP contribution in [0.4, 0.5) is 5.69 Å². The van der Waals surface area contributed by atoms with E-state index < -0.39 is 15.9 Å². The Kier molecular flexibility index (Phi) is 7.53. The van der Waals surface area contributed by atoms with Crippen molar-refractivity contribution >= 4 is 39.1 Å². The number of benzene rings is 3. The number of rotatable bonds is 7. The van der Waals surface area contributed by atoms with Crippen molar-refractivity contribution in [2.75, 3.05) is 19.4 Å². The van der Waals surface area contributed by atoms with Crippen LogP contribution in [0.1, 0.15) is 39.2 Å². The molecule has 3 rings (SSSR count). The lowest BCUT2D eigenvalue weighted by Gasteiger charge is -2.17. The van der Waals surface area contributed by atoms with Gasteiger partial charge in [0.25, 0.3) is 11.8 Å². The van der Waals surface area contributed by atoms with Crippen LogP contribution in [0.2, 0.25) is 5.02 Å². The van der Waals surface area contributed by atoms with Crippen LogP contribution in [0.15, 0.2) is 77.7 Å². The van der Waals surface area contributed by atoms with Crippen molar-refractivity contribution in [1.82, 2.24) is 9.62 Å². The minimum Gasteiger partial charge on any atom is -0.345 e. The summed E-state index contributed by atoms with van der Waals surface area (Å²) in [5.41, 5.74) is 1.62. The molecular weight excluding hydrogens is 462 g/mol. The molecule has 3 aromatic carbocycles. The maximum atomic E-state index is 12.9. The van der Waals surface area contributed by atoms with Gasteiger partial charge in [-0.1, -0.05) is 54.1 Å². The highest BCUT2D eigenvalue weighted by Gasteiger charge is 2.23. The van der Waals surface area contributed by atoms with Gasteiger partial charge in [-0.3, -0.25) is 9.59 Å². The van der Waals surface area contributed by atoms with E-state index in [1.54, 1.807) is 24.3 Å². The molecule has 0 heterocycles.